The summed E-state index contributed by atoms with van der Waals surface area (Å²) in [7, 11) is 1.59. The van der Waals surface area contributed by atoms with Gasteiger partial charge in [0.1, 0.15) is 0 Å². The third-order valence-electron chi connectivity index (χ3n) is 4.20. The lowest BCUT2D eigenvalue weighted by molar-refractivity contribution is -0.129. The Hall–Kier alpha value is -2.41. The van der Waals surface area contributed by atoms with E-state index in [1.54, 1.807) is 26.2 Å². The topological polar surface area (TPSA) is 91.6 Å². The molecule has 1 atom stereocenters. The van der Waals surface area contributed by atoms with Crippen LogP contribution in [0.3, 0.4) is 0 Å². The number of nitrogens with two attached hydrogens (primary N) is 1. The second-order valence-electron chi connectivity index (χ2n) is 5.63. The van der Waals surface area contributed by atoms with E-state index >= 15 is 0 Å². The van der Waals surface area contributed by atoms with Crippen molar-refractivity contribution in [1.82, 2.24) is 9.88 Å². The Morgan fingerprint density at radius 2 is 2.12 bits per heavy atom. The van der Waals surface area contributed by atoms with Gasteiger partial charge in [-0.1, -0.05) is 35.0 Å². The number of hydrogen-bond donors (Lipinski definition) is 2. The molecule has 0 saturated heterocycles. The van der Waals surface area contributed by atoms with Crippen molar-refractivity contribution in [1.29, 1.82) is 0 Å². The maximum absolute atomic E-state index is 13.0. The molecule has 1 amide bonds. The number of Topliss-reactive ketones (excluding diaryl/α,β-unsaturated/α-hetero) is 1. The van der Waals surface area contributed by atoms with Crippen molar-refractivity contribution in [3.8, 4) is 0 Å². The molecule has 3 rings (SSSR count). The highest BCUT2D eigenvalue weighted by molar-refractivity contribution is 9.10. The van der Waals surface area contributed by atoms with Crippen molar-refractivity contribution in [2.45, 2.75) is 18.9 Å². The number of amides is 1. The Morgan fingerprint density at radius 1 is 1.38 bits per heavy atom. The number of aromatic nitrogens is 1. The lowest BCUT2D eigenvalue weighted by Gasteiger charge is -2.24. The van der Waals surface area contributed by atoms with Crippen LogP contribution in [-0.4, -0.2) is 34.6 Å². The van der Waals surface area contributed by atoms with Gasteiger partial charge >= 0.3 is 0 Å². The van der Waals surface area contributed by atoms with E-state index in [9.17, 15) is 9.59 Å². The van der Waals surface area contributed by atoms with Gasteiger partial charge in [0.2, 0.25) is 0 Å². The van der Waals surface area contributed by atoms with E-state index in [0.29, 0.717) is 23.2 Å². The summed E-state index contributed by atoms with van der Waals surface area (Å²) in [5, 5.41) is 0. The molecule has 0 bridgehead atoms. The van der Waals surface area contributed by atoms with Gasteiger partial charge in [-0.25, -0.2) is 4.99 Å². The normalized spacial score (nSPS) is 20.4. The van der Waals surface area contributed by atoms with Gasteiger partial charge in [-0.05, 0) is 23.8 Å². The van der Waals surface area contributed by atoms with E-state index in [2.05, 4.69) is 25.9 Å². The number of carbonyl (C=O) groups is 2. The zero-order valence-corrected chi connectivity index (χ0v) is 14.9. The average Bonchev–Trinajstić information content (AvgIpc) is 3.15. The van der Waals surface area contributed by atoms with Gasteiger partial charge in [-0.2, -0.15) is 0 Å². The number of carbonyl (C=O) groups excluding carboxylic acids is 2. The van der Waals surface area contributed by atoms with Crippen molar-refractivity contribution in [2.75, 3.05) is 7.05 Å². The molecular weight excluding hydrogens is 372 g/mol. The third-order valence-corrected chi connectivity index (χ3v) is 4.70. The van der Waals surface area contributed by atoms with Crippen LogP contribution in [0.4, 0.5) is 0 Å². The Kier molecular flexibility index (Phi) is 4.04. The molecule has 0 spiro atoms. The molecular formula is C17H17BrN4O2. The van der Waals surface area contributed by atoms with Crippen molar-refractivity contribution in [2.24, 2.45) is 10.7 Å². The van der Waals surface area contributed by atoms with Crippen LogP contribution < -0.4 is 5.73 Å². The second-order valence-corrected chi connectivity index (χ2v) is 6.55. The van der Waals surface area contributed by atoms with E-state index in [1.165, 1.54) is 4.90 Å². The minimum absolute atomic E-state index is 0.0265. The molecule has 2 heterocycles. The highest BCUT2D eigenvalue weighted by atomic mass is 79.9. The summed E-state index contributed by atoms with van der Waals surface area (Å²) in [5.41, 5.74) is 6.36. The quantitative estimate of drug-likeness (QED) is 0.787. The zero-order chi connectivity index (χ0) is 17.5. The predicted octanol–water partition coefficient (Wildman–Crippen LogP) is 2.40. The SMILES string of the molecule is CCC(=O)c1cc(C2(c3cccc(Br)c3)N=C(N)N(C)C2=O)c[nH]1. The smallest absolute Gasteiger partial charge is 0.266 e. The van der Waals surface area contributed by atoms with Gasteiger partial charge in [0.25, 0.3) is 5.91 Å². The molecule has 2 aromatic rings. The number of hydrogen-bond acceptors (Lipinski definition) is 4. The number of halogens is 1. The maximum atomic E-state index is 13.0. The van der Waals surface area contributed by atoms with Crippen LogP contribution in [0.1, 0.15) is 35.0 Å². The van der Waals surface area contributed by atoms with Crippen molar-refractivity contribution >= 4 is 33.6 Å². The van der Waals surface area contributed by atoms with E-state index in [1.807, 2.05) is 24.3 Å². The fourth-order valence-electron chi connectivity index (χ4n) is 2.85. The number of benzene rings is 1. The summed E-state index contributed by atoms with van der Waals surface area (Å²) in [6.07, 6.45) is 2.03. The standard InChI is InChI=1S/C17H17BrN4O2/c1-3-14(23)13-8-11(9-20-13)17(10-5-4-6-12(18)7-10)15(24)22(2)16(19)21-17/h4-9,20H,3H2,1-2H3,(H2,19,21). The van der Waals surface area contributed by atoms with Crippen LogP contribution in [0.15, 0.2) is 46.0 Å². The van der Waals surface area contributed by atoms with E-state index in [0.717, 1.165) is 4.47 Å². The van der Waals surface area contributed by atoms with Crippen LogP contribution in [-0.2, 0) is 10.3 Å². The first-order valence-corrected chi connectivity index (χ1v) is 8.31. The zero-order valence-electron chi connectivity index (χ0n) is 13.3. The highest BCUT2D eigenvalue weighted by Crippen LogP contribution is 2.40. The molecule has 6 nitrogen and oxygen atoms in total. The summed E-state index contributed by atoms with van der Waals surface area (Å²) in [4.78, 5) is 33.7. The molecule has 0 fully saturated rings. The first kappa shape index (κ1) is 16.4. The Labute approximate surface area is 147 Å². The van der Waals surface area contributed by atoms with Gasteiger partial charge in [0.05, 0.1) is 5.69 Å². The molecule has 1 unspecified atom stereocenters. The lowest BCUT2D eigenvalue weighted by Crippen LogP contribution is -2.41. The predicted molar refractivity (Wildman–Crippen MR) is 94.7 cm³/mol. The number of H-pyrrole nitrogens is 1. The first-order chi connectivity index (χ1) is 11.4. The number of rotatable bonds is 4. The van der Waals surface area contributed by atoms with Gasteiger partial charge in [0.15, 0.2) is 17.3 Å². The number of nitrogens with zero attached hydrogens (tertiary/aromatic N) is 2. The molecule has 1 aliphatic heterocycles. The maximum Gasteiger partial charge on any atom is 0.266 e. The summed E-state index contributed by atoms with van der Waals surface area (Å²) in [6.45, 7) is 1.79. The van der Waals surface area contributed by atoms with Crippen LogP contribution in [0.5, 0.6) is 0 Å². The Bertz CT molecular complexity index is 858. The Balaban J connectivity index is 2.23. The largest absolute Gasteiger partial charge is 0.369 e. The fraction of sp³-hybridized carbons (Fsp3) is 0.235. The number of likely N-dealkylation sites (N-methyl/N-ethyl adjacent to an activating group) is 1. The minimum atomic E-state index is -1.29. The number of nitrogens with one attached hydrogen (secondary N) is 1. The number of guanidine groups is 1. The van der Waals surface area contributed by atoms with Gasteiger partial charge in [-0.3, -0.25) is 14.5 Å². The molecule has 3 N–H and O–H groups in total. The summed E-state index contributed by atoms with van der Waals surface area (Å²) >= 11 is 3.43. The Morgan fingerprint density at radius 3 is 2.71 bits per heavy atom. The van der Waals surface area contributed by atoms with Crippen molar-refractivity contribution < 1.29 is 9.59 Å². The average molecular weight is 389 g/mol. The van der Waals surface area contributed by atoms with Gasteiger partial charge in [-0.15, -0.1) is 0 Å². The van der Waals surface area contributed by atoms with E-state index in [-0.39, 0.29) is 17.6 Å². The summed E-state index contributed by atoms with van der Waals surface area (Å²) in [5.74, 6) is -0.140. The number of ketones is 1. The van der Waals surface area contributed by atoms with E-state index in [4.69, 9.17) is 5.73 Å². The van der Waals surface area contributed by atoms with Crippen LogP contribution in [0.25, 0.3) is 0 Å². The summed E-state index contributed by atoms with van der Waals surface area (Å²) < 4.78 is 0.830. The number of aliphatic imine (C=N–C) groups is 1. The molecule has 1 aromatic carbocycles. The molecule has 124 valence electrons. The first-order valence-electron chi connectivity index (χ1n) is 7.51. The minimum Gasteiger partial charge on any atom is -0.369 e. The van der Waals surface area contributed by atoms with Crippen LogP contribution in [0, 0.1) is 0 Å². The molecule has 0 saturated carbocycles. The molecule has 7 heteroatoms. The second kappa shape index (κ2) is 5.90. The molecule has 0 aliphatic carbocycles. The monoisotopic (exact) mass is 388 g/mol. The molecule has 1 aromatic heterocycles. The third kappa shape index (κ3) is 2.36. The van der Waals surface area contributed by atoms with Crippen molar-refractivity contribution in [3.05, 3.63) is 57.8 Å². The van der Waals surface area contributed by atoms with Gasteiger partial charge < -0.3 is 10.7 Å². The van der Waals surface area contributed by atoms with Crippen molar-refractivity contribution in [3.63, 3.8) is 0 Å². The molecule has 24 heavy (non-hydrogen) atoms. The van der Waals surface area contributed by atoms with Gasteiger partial charge in [0, 0.05) is 29.7 Å². The number of aromatic amines is 1. The van der Waals surface area contributed by atoms with Crippen LogP contribution in [0.2, 0.25) is 0 Å². The highest BCUT2D eigenvalue weighted by Gasteiger charge is 2.50. The van der Waals surface area contributed by atoms with Crippen LogP contribution >= 0.6 is 15.9 Å². The van der Waals surface area contributed by atoms with E-state index < -0.39 is 5.54 Å². The fourth-order valence-corrected chi connectivity index (χ4v) is 3.25. The molecule has 1 aliphatic rings. The molecule has 0 radical (unpaired) electrons. The summed E-state index contributed by atoms with van der Waals surface area (Å²) in [6, 6.07) is 9.05. The lowest BCUT2D eigenvalue weighted by atomic mass is 9.84.